The number of imide groups is 1. The number of urea groups is 1. The molecule has 0 aliphatic heterocycles. The summed E-state index contributed by atoms with van der Waals surface area (Å²) in [6.07, 6.45) is 15.6. The summed E-state index contributed by atoms with van der Waals surface area (Å²) in [6.45, 7) is 36.9. The van der Waals surface area contributed by atoms with Gasteiger partial charge < -0.3 is 5.32 Å². The predicted octanol–water partition coefficient (Wildman–Crippen LogP) is 12.9. The first kappa shape index (κ1) is 42.4. The molecule has 0 radical (unpaired) electrons. The van der Waals surface area contributed by atoms with Crippen molar-refractivity contribution in [3.05, 3.63) is 0 Å². The average Bonchev–Trinajstić information content (AvgIpc) is 2.84. The molecule has 0 aromatic carbocycles. The van der Waals surface area contributed by atoms with E-state index >= 15 is 0 Å². The lowest BCUT2D eigenvalue weighted by atomic mass is 9.58. The van der Waals surface area contributed by atoms with Crippen molar-refractivity contribution in [2.45, 2.75) is 194 Å². The molecular formula is C45H84N2O2. The Morgan fingerprint density at radius 2 is 0.939 bits per heavy atom. The highest BCUT2D eigenvalue weighted by molar-refractivity contribution is 5.94. The summed E-state index contributed by atoms with van der Waals surface area (Å²) in [7, 11) is 0. The van der Waals surface area contributed by atoms with Gasteiger partial charge in [0.15, 0.2) is 0 Å². The lowest BCUT2D eigenvalue weighted by molar-refractivity contribution is -0.131. The molecule has 3 fully saturated rings. The summed E-state index contributed by atoms with van der Waals surface area (Å²) in [4.78, 5) is 30.6. The van der Waals surface area contributed by atoms with Gasteiger partial charge in [0.2, 0.25) is 5.91 Å². The second-order valence-corrected chi connectivity index (χ2v) is 23.3. The largest absolute Gasteiger partial charge is 0.337 e. The zero-order chi connectivity index (χ0) is 37.2. The van der Waals surface area contributed by atoms with Crippen molar-refractivity contribution in [2.24, 2.45) is 68.0 Å². The van der Waals surface area contributed by atoms with E-state index < -0.39 is 0 Å². The maximum Gasteiger partial charge on any atom is 0.324 e. The molecule has 49 heavy (non-hydrogen) atoms. The average molecular weight is 685 g/mol. The number of amides is 3. The van der Waals surface area contributed by atoms with Gasteiger partial charge in [-0.2, -0.15) is 0 Å². The quantitative estimate of drug-likeness (QED) is 0.210. The molecule has 0 spiro atoms. The van der Waals surface area contributed by atoms with Crippen molar-refractivity contribution in [3.8, 4) is 0 Å². The topological polar surface area (TPSA) is 49.4 Å². The molecule has 6 unspecified atom stereocenters. The molecule has 0 bridgehead atoms. The van der Waals surface area contributed by atoms with E-state index in [1.165, 1.54) is 44.9 Å². The number of carbonyl (C=O) groups excluding carboxylic acids is 2. The fourth-order valence-electron chi connectivity index (χ4n) is 13.1. The Balaban J connectivity index is 1.84. The summed E-state index contributed by atoms with van der Waals surface area (Å²) < 4.78 is 0. The van der Waals surface area contributed by atoms with Crippen LogP contribution in [0.4, 0.5) is 4.79 Å². The summed E-state index contributed by atoms with van der Waals surface area (Å²) in [6, 6.07) is -0.146. The summed E-state index contributed by atoms with van der Waals surface area (Å²) in [5.74, 6) is 4.11. The Morgan fingerprint density at radius 3 is 1.37 bits per heavy atom. The first-order chi connectivity index (χ1) is 22.2. The number of nitrogens with one attached hydrogen (secondary N) is 1. The van der Waals surface area contributed by atoms with Crippen molar-refractivity contribution in [3.63, 3.8) is 0 Å². The minimum absolute atomic E-state index is 0.0390. The van der Waals surface area contributed by atoms with Gasteiger partial charge in [0, 0.05) is 19.5 Å². The van der Waals surface area contributed by atoms with E-state index in [1.807, 2.05) is 0 Å². The van der Waals surface area contributed by atoms with Crippen LogP contribution in [0.5, 0.6) is 0 Å². The van der Waals surface area contributed by atoms with Crippen LogP contribution in [0.3, 0.4) is 0 Å². The van der Waals surface area contributed by atoms with Crippen LogP contribution in [0.15, 0.2) is 0 Å². The molecule has 1 N–H and O–H groups in total. The molecule has 6 atom stereocenters. The van der Waals surface area contributed by atoms with Gasteiger partial charge in [-0.15, -0.1) is 0 Å². The molecular weight excluding hydrogens is 601 g/mol. The van der Waals surface area contributed by atoms with Gasteiger partial charge in [-0.1, -0.05) is 104 Å². The molecule has 3 aliphatic rings. The van der Waals surface area contributed by atoms with Crippen LogP contribution in [-0.2, 0) is 4.79 Å². The van der Waals surface area contributed by atoms with E-state index in [4.69, 9.17) is 0 Å². The minimum Gasteiger partial charge on any atom is -0.337 e. The molecule has 0 aromatic rings. The van der Waals surface area contributed by atoms with Crippen LogP contribution in [0.2, 0.25) is 0 Å². The molecule has 0 heterocycles. The Bertz CT molecular complexity index is 1040. The van der Waals surface area contributed by atoms with Gasteiger partial charge in [-0.25, -0.2) is 4.79 Å². The van der Waals surface area contributed by atoms with Crippen LogP contribution < -0.4 is 5.32 Å². The summed E-state index contributed by atoms with van der Waals surface area (Å²) >= 11 is 0. The lowest BCUT2D eigenvalue weighted by Gasteiger charge is -2.49. The van der Waals surface area contributed by atoms with Crippen molar-refractivity contribution < 1.29 is 9.59 Å². The van der Waals surface area contributed by atoms with Gasteiger partial charge >= 0.3 is 6.03 Å². The summed E-state index contributed by atoms with van der Waals surface area (Å²) in [5.41, 5.74) is 0.845. The fraction of sp³-hybridized carbons (Fsp3) is 0.956. The first-order valence-electron chi connectivity index (χ1n) is 20.8. The van der Waals surface area contributed by atoms with Crippen molar-refractivity contribution in [1.82, 2.24) is 10.2 Å². The normalized spacial score (nSPS) is 34.3. The standard InChI is InChI=1S/C45H84N2O2/c1-32(2)18-35-21-40(7,8)27-43(13,24-35)17-16-38(48)47(31-45(15)26-37(20-34(5)6)23-42(11,12)29-45)39(49)46-30-44(14)25-36(19-33(3)4)22-41(9,10)28-44/h32-37H,16-31H2,1-15H3,(H,46,49). The third kappa shape index (κ3) is 13.5. The van der Waals surface area contributed by atoms with Crippen molar-refractivity contribution >= 4 is 11.9 Å². The Labute approximate surface area is 305 Å². The van der Waals surface area contributed by atoms with E-state index in [-0.39, 0.29) is 44.4 Å². The smallest absolute Gasteiger partial charge is 0.324 e. The maximum atomic E-state index is 14.5. The number of nitrogens with zero attached hydrogens (tertiary/aromatic N) is 1. The first-order valence-corrected chi connectivity index (χ1v) is 20.8. The third-order valence-corrected chi connectivity index (χ3v) is 12.7. The Morgan fingerprint density at radius 1 is 0.571 bits per heavy atom. The van der Waals surface area contributed by atoms with E-state index in [2.05, 4.69) is 109 Å². The van der Waals surface area contributed by atoms with Gasteiger partial charge in [0.05, 0.1) is 0 Å². The number of carbonyl (C=O) groups is 2. The zero-order valence-corrected chi connectivity index (χ0v) is 35.5. The van der Waals surface area contributed by atoms with E-state index in [1.54, 1.807) is 4.90 Å². The SMILES string of the molecule is CC(C)CC1CC(C)(C)CC(C)(CCC(=O)N(CC2(C)CC(CC(C)C)CC(C)(C)C2)C(=O)NCC2(C)CC(CC(C)C)CC(C)(C)C2)C1. The van der Waals surface area contributed by atoms with Crippen LogP contribution >= 0.6 is 0 Å². The minimum atomic E-state index is -0.146. The summed E-state index contributed by atoms with van der Waals surface area (Å²) in [5, 5.41) is 3.41. The zero-order valence-electron chi connectivity index (χ0n) is 35.5. The van der Waals surface area contributed by atoms with Gasteiger partial charge in [-0.3, -0.25) is 9.69 Å². The van der Waals surface area contributed by atoms with Crippen LogP contribution in [0.25, 0.3) is 0 Å². The van der Waals surface area contributed by atoms with Crippen molar-refractivity contribution in [2.75, 3.05) is 13.1 Å². The van der Waals surface area contributed by atoms with Gasteiger partial charge in [0.25, 0.3) is 0 Å². The monoisotopic (exact) mass is 685 g/mol. The molecule has 3 aliphatic carbocycles. The van der Waals surface area contributed by atoms with E-state index in [0.29, 0.717) is 55.0 Å². The maximum absolute atomic E-state index is 14.5. The lowest BCUT2D eigenvalue weighted by Crippen LogP contribution is -2.53. The predicted molar refractivity (Wildman–Crippen MR) is 210 cm³/mol. The Hall–Kier alpha value is -1.06. The molecule has 0 saturated heterocycles. The van der Waals surface area contributed by atoms with Gasteiger partial charge in [0.1, 0.15) is 0 Å². The number of hydrogen-bond donors (Lipinski definition) is 1. The molecule has 0 aromatic heterocycles. The molecule has 3 amide bonds. The third-order valence-electron chi connectivity index (χ3n) is 12.7. The number of rotatable bonds is 13. The Kier molecular flexibility index (Phi) is 13.7. The van der Waals surface area contributed by atoms with Gasteiger partial charge in [-0.05, 0) is 151 Å². The van der Waals surface area contributed by atoms with Crippen LogP contribution in [0.1, 0.15) is 194 Å². The molecule has 286 valence electrons. The van der Waals surface area contributed by atoms with Crippen molar-refractivity contribution in [1.29, 1.82) is 0 Å². The van der Waals surface area contributed by atoms with Crippen LogP contribution in [0, 0.1) is 68.0 Å². The second kappa shape index (κ2) is 15.9. The molecule has 4 nitrogen and oxygen atoms in total. The highest BCUT2D eigenvalue weighted by Crippen LogP contribution is 2.54. The second-order valence-electron chi connectivity index (χ2n) is 23.3. The van der Waals surface area contributed by atoms with Crippen LogP contribution in [-0.4, -0.2) is 29.9 Å². The molecule has 3 rings (SSSR count). The highest BCUT2D eigenvalue weighted by Gasteiger charge is 2.46. The number of hydrogen-bond acceptors (Lipinski definition) is 2. The van der Waals surface area contributed by atoms with E-state index in [9.17, 15) is 9.59 Å². The molecule has 3 saturated carbocycles. The molecule has 4 heteroatoms. The van der Waals surface area contributed by atoms with E-state index in [0.717, 1.165) is 38.5 Å². The fourth-order valence-corrected chi connectivity index (χ4v) is 13.1. The highest BCUT2D eigenvalue weighted by atomic mass is 16.2.